The fourth-order valence-electron chi connectivity index (χ4n) is 4.11. The maximum atomic E-state index is 3.78. The first kappa shape index (κ1) is 15.5. The molecule has 2 aromatic carbocycles. The van der Waals surface area contributed by atoms with Crippen molar-refractivity contribution in [2.24, 2.45) is 0 Å². The highest BCUT2D eigenvalue weighted by Gasteiger charge is 2.21. The topological polar surface area (TPSA) is 27.8 Å². The van der Waals surface area contributed by atoms with E-state index in [9.17, 15) is 0 Å². The molecule has 1 aliphatic carbocycles. The van der Waals surface area contributed by atoms with Crippen molar-refractivity contribution in [3.63, 3.8) is 0 Å². The molecule has 0 unspecified atom stereocenters. The second kappa shape index (κ2) is 7.23. The minimum Gasteiger partial charge on any atom is -0.361 e. The van der Waals surface area contributed by atoms with Gasteiger partial charge in [-0.1, -0.05) is 48.5 Å². The summed E-state index contributed by atoms with van der Waals surface area (Å²) in [6, 6.07) is 20.3. The molecule has 2 heteroatoms. The van der Waals surface area contributed by atoms with Crippen LogP contribution in [0.4, 0.5) is 0 Å². The first-order valence-corrected chi connectivity index (χ1v) is 9.23. The number of rotatable bonds is 5. The maximum Gasteiger partial charge on any atom is 0.0456 e. The Morgan fingerprint density at radius 1 is 0.875 bits per heavy atom. The average Bonchev–Trinajstić information content (AvgIpc) is 3.06. The molecule has 4 rings (SSSR count). The van der Waals surface area contributed by atoms with Crippen LogP contribution in [-0.4, -0.2) is 17.6 Å². The molecule has 2 nitrogen and oxygen atoms in total. The number of aromatic nitrogens is 1. The van der Waals surface area contributed by atoms with Gasteiger partial charge in [0.2, 0.25) is 0 Å². The number of aromatic amines is 1. The lowest BCUT2D eigenvalue weighted by Gasteiger charge is -2.29. The van der Waals surface area contributed by atoms with Gasteiger partial charge in [-0.2, -0.15) is 0 Å². The zero-order valence-electron chi connectivity index (χ0n) is 14.2. The second-order valence-corrected chi connectivity index (χ2v) is 7.02. The van der Waals surface area contributed by atoms with E-state index in [0.717, 1.165) is 18.9 Å². The van der Waals surface area contributed by atoms with E-state index in [-0.39, 0.29) is 0 Å². The molecule has 3 aromatic rings. The molecule has 0 saturated heterocycles. The maximum absolute atomic E-state index is 3.78. The first-order chi connectivity index (χ1) is 11.9. The lowest BCUT2D eigenvalue weighted by molar-refractivity contribution is 0.344. The van der Waals surface area contributed by atoms with Crippen molar-refractivity contribution in [1.29, 1.82) is 0 Å². The molecule has 0 bridgehead atoms. The van der Waals surface area contributed by atoms with Gasteiger partial charge in [0.15, 0.2) is 0 Å². The van der Waals surface area contributed by atoms with Crippen molar-refractivity contribution in [2.45, 2.75) is 44.1 Å². The van der Waals surface area contributed by atoms with Crippen LogP contribution in [0.1, 0.15) is 42.7 Å². The van der Waals surface area contributed by atoms with Crippen LogP contribution < -0.4 is 5.32 Å². The Hall–Kier alpha value is -2.06. The summed E-state index contributed by atoms with van der Waals surface area (Å²) < 4.78 is 0. The third-order valence-corrected chi connectivity index (χ3v) is 5.50. The Morgan fingerprint density at radius 2 is 1.62 bits per heavy atom. The predicted octanol–water partition coefficient (Wildman–Crippen LogP) is 5.03. The predicted molar refractivity (Wildman–Crippen MR) is 101 cm³/mol. The molecular formula is C22H26N2. The van der Waals surface area contributed by atoms with Crippen molar-refractivity contribution in [3.8, 4) is 0 Å². The zero-order valence-corrected chi connectivity index (χ0v) is 14.2. The number of para-hydroxylation sites is 1. The minimum absolute atomic E-state index is 0.690. The lowest BCUT2D eigenvalue weighted by Crippen LogP contribution is -2.34. The van der Waals surface area contributed by atoms with E-state index in [2.05, 4.69) is 71.1 Å². The van der Waals surface area contributed by atoms with Crippen LogP contribution >= 0.6 is 0 Å². The molecule has 2 N–H and O–H groups in total. The van der Waals surface area contributed by atoms with E-state index >= 15 is 0 Å². The summed E-state index contributed by atoms with van der Waals surface area (Å²) in [6.07, 6.45) is 8.49. The standard InChI is InChI=1S/C22H26N2/c1-2-6-17(7-3-1)18-10-12-20(13-11-18)23-15-14-19-16-24-22-9-5-4-8-21(19)22/h1-9,16,18,20,23-24H,10-15H2. The van der Waals surface area contributed by atoms with Crippen LogP contribution in [0.25, 0.3) is 10.9 Å². The van der Waals surface area contributed by atoms with Crippen LogP contribution in [0.3, 0.4) is 0 Å². The van der Waals surface area contributed by atoms with Crippen LogP contribution in [0.2, 0.25) is 0 Å². The molecule has 124 valence electrons. The number of H-pyrrole nitrogens is 1. The Labute approximate surface area is 144 Å². The second-order valence-electron chi connectivity index (χ2n) is 7.02. The molecular weight excluding hydrogens is 292 g/mol. The summed E-state index contributed by atoms with van der Waals surface area (Å²) in [6.45, 7) is 1.07. The first-order valence-electron chi connectivity index (χ1n) is 9.23. The fraction of sp³-hybridized carbons (Fsp3) is 0.364. The zero-order chi connectivity index (χ0) is 16.2. The summed E-state index contributed by atoms with van der Waals surface area (Å²) in [5.74, 6) is 0.762. The highest BCUT2D eigenvalue weighted by molar-refractivity contribution is 5.83. The highest BCUT2D eigenvalue weighted by atomic mass is 14.9. The monoisotopic (exact) mass is 318 g/mol. The van der Waals surface area contributed by atoms with Crippen molar-refractivity contribution in [3.05, 3.63) is 71.9 Å². The summed E-state index contributed by atoms with van der Waals surface area (Å²) in [5, 5.41) is 5.15. The van der Waals surface area contributed by atoms with Crippen LogP contribution in [0, 0.1) is 0 Å². The van der Waals surface area contributed by atoms with Crippen LogP contribution in [0.5, 0.6) is 0 Å². The lowest BCUT2D eigenvalue weighted by atomic mass is 9.82. The molecule has 0 spiro atoms. The summed E-state index contributed by atoms with van der Waals surface area (Å²) in [5.41, 5.74) is 4.20. The van der Waals surface area contributed by atoms with Gasteiger partial charge in [-0.05, 0) is 61.8 Å². The molecule has 1 heterocycles. The Morgan fingerprint density at radius 3 is 2.46 bits per heavy atom. The fourth-order valence-corrected chi connectivity index (χ4v) is 4.11. The van der Waals surface area contributed by atoms with Gasteiger partial charge >= 0.3 is 0 Å². The molecule has 24 heavy (non-hydrogen) atoms. The molecule has 0 aliphatic heterocycles. The van der Waals surface area contributed by atoms with E-state index in [1.807, 2.05) is 0 Å². The molecule has 1 saturated carbocycles. The smallest absolute Gasteiger partial charge is 0.0456 e. The van der Waals surface area contributed by atoms with Gasteiger partial charge in [0.1, 0.15) is 0 Å². The molecule has 1 fully saturated rings. The van der Waals surface area contributed by atoms with Gasteiger partial charge in [-0.25, -0.2) is 0 Å². The Balaban J connectivity index is 1.26. The molecule has 0 amide bonds. The van der Waals surface area contributed by atoms with Crippen molar-refractivity contribution in [2.75, 3.05) is 6.54 Å². The normalized spacial score (nSPS) is 21.2. The number of hydrogen-bond acceptors (Lipinski definition) is 1. The van der Waals surface area contributed by atoms with Gasteiger partial charge in [-0.3, -0.25) is 0 Å². The summed E-state index contributed by atoms with van der Waals surface area (Å²) >= 11 is 0. The SMILES string of the molecule is c1ccc(C2CCC(NCCc3c[nH]c4ccccc34)CC2)cc1. The van der Waals surface area contributed by atoms with Crippen LogP contribution in [-0.2, 0) is 6.42 Å². The summed E-state index contributed by atoms with van der Waals surface area (Å²) in [4.78, 5) is 3.37. The van der Waals surface area contributed by atoms with E-state index in [1.165, 1.54) is 47.7 Å². The van der Waals surface area contributed by atoms with Gasteiger partial charge in [0.25, 0.3) is 0 Å². The van der Waals surface area contributed by atoms with Crippen molar-refractivity contribution in [1.82, 2.24) is 10.3 Å². The third kappa shape index (κ3) is 3.39. The molecule has 0 radical (unpaired) electrons. The number of fused-ring (bicyclic) bond motifs is 1. The third-order valence-electron chi connectivity index (χ3n) is 5.50. The van der Waals surface area contributed by atoms with E-state index in [0.29, 0.717) is 6.04 Å². The Kier molecular flexibility index (Phi) is 4.66. The van der Waals surface area contributed by atoms with Gasteiger partial charge in [0.05, 0.1) is 0 Å². The van der Waals surface area contributed by atoms with E-state index in [4.69, 9.17) is 0 Å². The van der Waals surface area contributed by atoms with E-state index in [1.54, 1.807) is 0 Å². The number of benzene rings is 2. The largest absolute Gasteiger partial charge is 0.361 e. The summed E-state index contributed by atoms with van der Waals surface area (Å²) in [7, 11) is 0. The van der Waals surface area contributed by atoms with E-state index < -0.39 is 0 Å². The number of nitrogens with one attached hydrogen (secondary N) is 2. The van der Waals surface area contributed by atoms with Gasteiger partial charge in [0, 0.05) is 23.1 Å². The quantitative estimate of drug-likeness (QED) is 0.678. The molecule has 1 aliphatic rings. The highest BCUT2D eigenvalue weighted by Crippen LogP contribution is 2.32. The Bertz CT molecular complexity index is 767. The van der Waals surface area contributed by atoms with Crippen molar-refractivity contribution >= 4 is 10.9 Å². The van der Waals surface area contributed by atoms with Gasteiger partial charge < -0.3 is 10.3 Å². The minimum atomic E-state index is 0.690. The van der Waals surface area contributed by atoms with Crippen LogP contribution in [0.15, 0.2) is 60.8 Å². The van der Waals surface area contributed by atoms with Gasteiger partial charge in [-0.15, -0.1) is 0 Å². The molecule has 1 aromatic heterocycles. The number of hydrogen-bond donors (Lipinski definition) is 2. The molecule has 0 atom stereocenters. The van der Waals surface area contributed by atoms with Crippen molar-refractivity contribution < 1.29 is 0 Å². The average molecular weight is 318 g/mol.